The van der Waals surface area contributed by atoms with Crippen molar-refractivity contribution in [2.45, 2.75) is 31.6 Å². The largest absolute Gasteiger partial charge is 0.301 e. The summed E-state index contributed by atoms with van der Waals surface area (Å²) in [5.41, 5.74) is 0. The Labute approximate surface area is 104 Å². The van der Waals surface area contributed by atoms with Crippen LogP contribution in [0.4, 0.5) is 0 Å². The van der Waals surface area contributed by atoms with E-state index in [1.54, 1.807) is 0 Å². The van der Waals surface area contributed by atoms with Gasteiger partial charge in [-0.2, -0.15) is 0 Å². The lowest BCUT2D eigenvalue weighted by Crippen LogP contribution is -2.32. The molecule has 90 valence electrons. The van der Waals surface area contributed by atoms with Crippen molar-refractivity contribution in [2.75, 3.05) is 20.6 Å². The number of aliphatic imine (C=N–C) groups is 1. The topological polar surface area (TPSA) is 15.6 Å². The monoisotopic (exact) mass is 238 g/mol. The van der Waals surface area contributed by atoms with Gasteiger partial charge in [0, 0.05) is 5.25 Å². The van der Waals surface area contributed by atoms with E-state index in [1.165, 1.54) is 5.04 Å². The normalized spacial score (nSPS) is 30.8. The Hall–Kier alpha value is -0.540. The van der Waals surface area contributed by atoms with Crippen molar-refractivity contribution in [2.24, 2.45) is 4.99 Å². The van der Waals surface area contributed by atoms with Crippen LogP contribution in [0, 0.1) is 0 Å². The molecule has 0 bridgehead atoms. The van der Waals surface area contributed by atoms with Crippen LogP contribution < -0.4 is 0 Å². The minimum Gasteiger partial charge on any atom is -0.301 e. The van der Waals surface area contributed by atoms with E-state index < -0.39 is 0 Å². The second-order valence-electron chi connectivity index (χ2n) is 4.20. The second-order valence-corrected chi connectivity index (χ2v) is 5.46. The molecule has 0 N–H and O–H groups in total. The molecule has 0 aromatic carbocycles. The van der Waals surface area contributed by atoms with E-state index >= 15 is 0 Å². The van der Waals surface area contributed by atoms with Gasteiger partial charge in [-0.25, -0.2) is 0 Å². The summed E-state index contributed by atoms with van der Waals surface area (Å²) in [6.45, 7) is 5.23. The zero-order valence-corrected chi connectivity index (χ0v) is 11.5. The molecule has 1 aliphatic rings. The van der Waals surface area contributed by atoms with Gasteiger partial charge in [0.25, 0.3) is 0 Å². The molecule has 1 heterocycles. The summed E-state index contributed by atoms with van der Waals surface area (Å²) in [7, 11) is 4.21. The maximum Gasteiger partial charge on any atom is 0.0854 e. The first-order valence-electron chi connectivity index (χ1n) is 5.86. The van der Waals surface area contributed by atoms with Crippen molar-refractivity contribution in [1.82, 2.24) is 4.90 Å². The molecule has 1 rings (SSSR count). The van der Waals surface area contributed by atoms with Crippen LogP contribution in [0.25, 0.3) is 0 Å². The van der Waals surface area contributed by atoms with E-state index in [2.05, 4.69) is 62.1 Å². The standard InChI is InChI=1S/C13H22N2S/c1-5-12-9-7-6-8-10-14-13(16-12)11(2)15(3)4/h6-9,11-12H,5,10H2,1-4H3/b8-6-,9-7-,14-13-. The van der Waals surface area contributed by atoms with Crippen LogP contribution >= 0.6 is 11.8 Å². The van der Waals surface area contributed by atoms with Crippen LogP contribution in [0.2, 0.25) is 0 Å². The summed E-state index contributed by atoms with van der Waals surface area (Å²) < 4.78 is 0. The molecule has 0 spiro atoms. The lowest BCUT2D eigenvalue weighted by Gasteiger charge is -2.23. The highest BCUT2D eigenvalue weighted by atomic mass is 32.2. The van der Waals surface area contributed by atoms with E-state index in [-0.39, 0.29) is 0 Å². The summed E-state index contributed by atoms with van der Waals surface area (Å²) >= 11 is 1.90. The first-order valence-corrected chi connectivity index (χ1v) is 6.73. The maximum absolute atomic E-state index is 4.67. The van der Waals surface area contributed by atoms with Crippen LogP contribution in [0.15, 0.2) is 29.3 Å². The molecule has 2 atom stereocenters. The van der Waals surface area contributed by atoms with Crippen molar-refractivity contribution >= 4 is 16.8 Å². The molecule has 2 nitrogen and oxygen atoms in total. The molecule has 1 aliphatic heterocycles. The lowest BCUT2D eigenvalue weighted by atomic mass is 10.3. The quantitative estimate of drug-likeness (QED) is 0.751. The SMILES string of the molecule is CCC1/C=C\C=C/C/N=C(/C(C)N(C)C)S1. The first kappa shape index (κ1) is 13.5. The van der Waals surface area contributed by atoms with Crippen LogP contribution in [0.1, 0.15) is 20.3 Å². The van der Waals surface area contributed by atoms with Gasteiger partial charge in [-0.15, -0.1) is 11.8 Å². The highest BCUT2D eigenvalue weighted by Crippen LogP contribution is 2.22. The molecule has 0 saturated heterocycles. The number of hydrogen-bond donors (Lipinski definition) is 0. The highest BCUT2D eigenvalue weighted by molar-refractivity contribution is 8.14. The highest BCUT2D eigenvalue weighted by Gasteiger charge is 2.16. The summed E-state index contributed by atoms with van der Waals surface area (Å²) in [4.78, 5) is 6.89. The van der Waals surface area contributed by atoms with Gasteiger partial charge in [0.15, 0.2) is 0 Å². The van der Waals surface area contributed by atoms with Crippen molar-refractivity contribution in [1.29, 1.82) is 0 Å². The fraction of sp³-hybridized carbons (Fsp3) is 0.615. The van der Waals surface area contributed by atoms with E-state index in [4.69, 9.17) is 0 Å². The fourth-order valence-corrected chi connectivity index (χ4v) is 2.58. The van der Waals surface area contributed by atoms with Crippen molar-refractivity contribution in [3.8, 4) is 0 Å². The van der Waals surface area contributed by atoms with Crippen molar-refractivity contribution < 1.29 is 0 Å². The van der Waals surface area contributed by atoms with Crippen molar-refractivity contribution in [3.05, 3.63) is 24.3 Å². The number of hydrogen-bond acceptors (Lipinski definition) is 3. The number of nitrogens with zero attached hydrogens (tertiary/aromatic N) is 2. The average molecular weight is 238 g/mol. The van der Waals surface area contributed by atoms with E-state index in [0.717, 1.165) is 13.0 Å². The van der Waals surface area contributed by atoms with Gasteiger partial charge in [-0.1, -0.05) is 31.2 Å². The molecular formula is C13H22N2S. The van der Waals surface area contributed by atoms with Gasteiger partial charge in [-0.3, -0.25) is 4.99 Å². The van der Waals surface area contributed by atoms with Gasteiger partial charge in [0.2, 0.25) is 0 Å². The minimum atomic E-state index is 0.402. The zero-order valence-electron chi connectivity index (χ0n) is 10.7. The Balaban J connectivity index is 2.80. The van der Waals surface area contributed by atoms with Crippen LogP contribution in [0.5, 0.6) is 0 Å². The third kappa shape index (κ3) is 4.14. The van der Waals surface area contributed by atoms with Gasteiger partial charge in [0.05, 0.1) is 17.6 Å². The average Bonchev–Trinajstić information content (AvgIpc) is 2.38. The van der Waals surface area contributed by atoms with Crippen molar-refractivity contribution in [3.63, 3.8) is 0 Å². The van der Waals surface area contributed by atoms with Gasteiger partial charge >= 0.3 is 0 Å². The van der Waals surface area contributed by atoms with E-state index in [9.17, 15) is 0 Å². The predicted octanol–water partition coefficient (Wildman–Crippen LogP) is 2.97. The Morgan fingerprint density at radius 1 is 1.50 bits per heavy atom. The molecule has 16 heavy (non-hydrogen) atoms. The number of allylic oxidation sites excluding steroid dienone is 2. The van der Waals surface area contributed by atoms with Gasteiger partial charge in [-0.05, 0) is 27.4 Å². The van der Waals surface area contributed by atoms with Gasteiger partial charge in [0.1, 0.15) is 0 Å². The number of thioether (sulfide) groups is 1. The Bertz CT molecular complexity index is 292. The molecule has 0 fully saturated rings. The smallest absolute Gasteiger partial charge is 0.0854 e. The molecule has 0 aromatic heterocycles. The molecule has 0 saturated carbocycles. The van der Waals surface area contributed by atoms with Crippen LogP contribution in [-0.2, 0) is 0 Å². The zero-order chi connectivity index (χ0) is 12.0. The molecule has 0 aliphatic carbocycles. The van der Waals surface area contributed by atoms with Crippen LogP contribution in [-0.4, -0.2) is 41.9 Å². The second kappa shape index (κ2) is 6.92. The minimum absolute atomic E-state index is 0.402. The summed E-state index contributed by atoms with van der Waals surface area (Å²) in [6.07, 6.45) is 9.76. The number of rotatable bonds is 3. The Morgan fingerprint density at radius 2 is 2.25 bits per heavy atom. The first-order chi connectivity index (χ1) is 7.65. The third-order valence-electron chi connectivity index (χ3n) is 2.73. The molecule has 0 radical (unpaired) electrons. The Kier molecular flexibility index (Phi) is 5.85. The molecule has 0 aromatic rings. The molecule has 0 amide bonds. The summed E-state index contributed by atoms with van der Waals surface area (Å²) in [5.74, 6) is 0. The maximum atomic E-state index is 4.67. The Morgan fingerprint density at radius 3 is 2.88 bits per heavy atom. The van der Waals surface area contributed by atoms with Gasteiger partial charge < -0.3 is 4.90 Å². The molecule has 3 heteroatoms. The predicted molar refractivity (Wildman–Crippen MR) is 75.4 cm³/mol. The van der Waals surface area contributed by atoms with E-state index in [0.29, 0.717) is 11.3 Å². The van der Waals surface area contributed by atoms with E-state index in [1.807, 2.05) is 11.8 Å². The fourth-order valence-electron chi connectivity index (χ4n) is 1.37. The summed E-state index contributed by atoms with van der Waals surface area (Å²) in [6, 6.07) is 0.402. The van der Waals surface area contributed by atoms with Crippen LogP contribution in [0.3, 0.4) is 0 Å². The molecular weight excluding hydrogens is 216 g/mol. The molecule has 2 unspecified atom stereocenters. The third-order valence-corrected chi connectivity index (χ3v) is 4.24. The summed E-state index contributed by atoms with van der Waals surface area (Å²) in [5, 5.41) is 1.79. The lowest BCUT2D eigenvalue weighted by molar-refractivity contribution is 0.384.